The van der Waals surface area contributed by atoms with Crippen molar-refractivity contribution < 1.29 is 32.2 Å². The number of ether oxygens (including phenoxy) is 4. The SMILES string of the molecule is CO[Si](OC)(OC)C(OC(C)C)(OC(C)C)C(OC(C)C)OC(C)C. The third-order valence-electron chi connectivity index (χ3n) is 3.16. The Hall–Kier alpha value is -0.0631. The summed E-state index contributed by atoms with van der Waals surface area (Å²) < 4.78 is 41.9. The van der Waals surface area contributed by atoms with Crippen molar-refractivity contribution in [3.05, 3.63) is 0 Å². The maximum atomic E-state index is 6.27. The predicted molar refractivity (Wildman–Crippen MR) is 98.2 cm³/mol. The van der Waals surface area contributed by atoms with Gasteiger partial charge in [-0.1, -0.05) is 0 Å². The summed E-state index contributed by atoms with van der Waals surface area (Å²) in [5.74, 6) is 0. The number of rotatable bonds is 13. The van der Waals surface area contributed by atoms with Crippen LogP contribution in [0.3, 0.4) is 0 Å². The van der Waals surface area contributed by atoms with Gasteiger partial charge in [0.1, 0.15) is 0 Å². The van der Waals surface area contributed by atoms with Gasteiger partial charge >= 0.3 is 8.80 Å². The molecule has 0 unspecified atom stereocenters. The Bertz CT molecular complexity index is 329. The lowest BCUT2D eigenvalue weighted by Gasteiger charge is -2.48. The molecular weight excluding hydrogens is 344 g/mol. The summed E-state index contributed by atoms with van der Waals surface area (Å²) in [4.78, 5) is 0. The highest BCUT2D eigenvalue weighted by molar-refractivity contribution is 6.63. The third kappa shape index (κ3) is 6.55. The maximum absolute atomic E-state index is 6.27. The van der Waals surface area contributed by atoms with Crippen LogP contribution in [0.4, 0.5) is 0 Å². The normalized spacial score (nSPS) is 13.9. The van der Waals surface area contributed by atoms with Gasteiger partial charge in [-0.05, 0) is 55.4 Å². The van der Waals surface area contributed by atoms with Crippen molar-refractivity contribution in [2.75, 3.05) is 21.3 Å². The van der Waals surface area contributed by atoms with Crippen LogP contribution in [-0.2, 0) is 32.2 Å². The van der Waals surface area contributed by atoms with E-state index in [1.807, 2.05) is 55.4 Å². The summed E-state index contributed by atoms with van der Waals surface area (Å²) in [5.41, 5.74) is -1.48. The first-order chi connectivity index (χ1) is 11.5. The second-order valence-electron chi connectivity index (χ2n) is 6.87. The van der Waals surface area contributed by atoms with Gasteiger partial charge in [0.05, 0.1) is 24.4 Å². The molecule has 0 heterocycles. The fraction of sp³-hybridized carbons (Fsp3) is 1.00. The molecule has 25 heavy (non-hydrogen) atoms. The van der Waals surface area contributed by atoms with Crippen LogP contribution in [0.1, 0.15) is 55.4 Å². The molecule has 152 valence electrons. The molecule has 0 rings (SSSR count). The molecule has 0 aromatic carbocycles. The molecule has 0 aliphatic carbocycles. The zero-order chi connectivity index (χ0) is 19.8. The fourth-order valence-corrected chi connectivity index (χ4v) is 5.05. The highest BCUT2D eigenvalue weighted by Gasteiger charge is 2.70. The van der Waals surface area contributed by atoms with E-state index in [-0.39, 0.29) is 24.4 Å². The van der Waals surface area contributed by atoms with Crippen LogP contribution in [-0.4, -0.2) is 66.3 Å². The van der Waals surface area contributed by atoms with E-state index < -0.39 is 20.5 Å². The molecule has 0 saturated heterocycles. The van der Waals surface area contributed by atoms with E-state index in [1.54, 1.807) is 0 Å². The van der Waals surface area contributed by atoms with Gasteiger partial charge < -0.3 is 32.2 Å². The average Bonchev–Trinajstić information content (AvgIpc) is 2.46. The monoisotopic (exact) mass is 382 g/mol. The molecule has 0 saturated carbocycles. The molecule has 0 amide bonds. The molecule has 8 heteroatoms. The first-order valence-electron chi connectivity index (χ1n) is 8.82. The molecule has 0 aliphatic rings. The van der Waals surface area contributed by atoms with Crippen LogP contribution in [0.25, 0.3) is 0 Å². The highest BCUT2D eigenvalue weighted by Crippen LogP contribution is 2.37. The molecule has 0 bridgehead atoms. The summed E-state index contributed by atoms with van der Waals surface area (Å²) in [6, 6.07) is 0. The first-order valence-corrected chi connectivity index (χ1v) is 10.5. The van der Waals surface area contributed by atoms with E-state index in [2.05, 4.69) is 0 Å². The number of hydrogen-bond acceptors (Lipinski definition) is 7. The Morgan fingerprint density at radius 1 is 0.560 bits per heavy atom. The lowest BCUT2D eigenvalue weighted by atomic mass is 10.4. The Kier molecular flexibility index (Phi) is 10.9. The summed E-state index contributed by atoms with van der Waals surface area (Å²) >= 11 is 0. The van der Waals surface area contributed by atoms with Gasteiger partial charge in [-0.3, -0.25) is 0 Å². The van der Waals surface area contributed by atoms with E-state index in [4.69, 9.17) is 32.2 Å². The van der Waals surface area contributed by atoms with Gasteiger partial charge in [-0.25, -0.2) is 0 Å². The van der Waals surface area contributed by atoms with E-state index in [1.165, 1.54) is 21.3 Å². The van der Waals surface area contributed by atoms with Crippen LogP contribution < -0.4 is 0 Å². The molecule has 7 nitrogen and oxygen atoms in total. The van der Waals surface area contributed by atoms with Gasteiger partial charge in [-0.15, -0.1) is 0 Å². The van der Waals surface area contributed by atoms with E-state index in [0.717, 1.165) is 0 Å². The molecule has 0 spiro atoms. The molecule has 0 radical (unpaired) electrons. The van der Waals surface area contributed by atoms with E-state index in [0.29, 0.717) is 0 Å². The lowest BCUT2D eigenvalue weighted by Crippen LogP contribution is -2.74. The second-order valence-corrected chi connectivity index (χ2v) is 9.90. The van der Waals surface area contributed by atoms with Crippen molar-refractivity contribution in [2.24, 2.45) is 0 Å². The van der Waals surface area contributed by atoms with Gasteiger partial charge in [-0.2, -0.15) is 0 Å². The van der Waals surface area contributed by atoms with Crippen LogP contribution in [0.2, 0.25) is 0 Å². The largest absolute Gasteiger partial charge is 0.568 e. The minimum absolute atomic E-state index is 0.132. The van der Waals surface area contributed by atoms with Crippen molar-refractivity contribution in [1.29, 1.82) is 0 Å². The zero-order valence-corrected chi connectivity index (χ0v) is 18.7. The molecule has 0 aromatic heterocycles. The minimum Gasteiger partial charge on any atom is -0.374 e. The molecule has 0 aliphatic heterocycles. The molecule has 0 atom stereocenters. The van der Waals surface area contributed by atoms with Crippen LogP contribution >= 0.6 is 0 Å². The van der Waals surface area contributed by atoms with Crippen molar-refractivity contribution in [1.82, 2.24) is 0 Å². The molecule has 0 aromatic rings. The van der Waals surface area contributed by atoms with Crippen molar-refractivity contribution in [2.45, 2.75) is 91.5 Å². The van der Waals surface area contributed by atoms with E-state index >= 15 is 0 Å². The van der Waals surface area contributed by atoms with Gasteiger partial charge in [0.2, 0.25) is 6.29 Å². The predicted octanol–water partition coefficient (Wildman–Crippen LogP) is 3.13. The lowest BCUT2D eigenvalue weighted by molar-refractivity contribution is -0.362. The quantitative estimate of drug-likeness (QED) is 0.358. The Labute approximate surface area is 154 Å². The summed E-state index contributed by atoms with van der Waals surface area (Å²) in [5, 5.41) is 0. The smallest absolute Gasteiger partial charge is 0.374 e. The zero-order valence-electron chi connectivity index (χ0n) is 17.7. The second kappa shape index (κ2) is 10.9. The molecular formula is C17H38O7Si. The van der Waals surface area contributed by atoms with Crippen LogP contribution in [0, 0.1) is 0 Å². The fourth-order valence-electron chi connectivity index (χ4n) is 2.51. The van der Waals surface area contributed by atoms with Gasteiger partial charge in [0.15, 0.2) is 0 Å². The Morgan fingerprint density at radius 3 is 1.08 bits per heavy atom. The van der Waals surface area contributed by atoms with Crippen molar-refractivity contribution in [3.63, 3.8) is 0 Å². The molecule has 0 N–H and O–H groups in total. The van der Waals surface area contributed by atoms with E-state index in [9.17, 15) is 0 Å². The van der Waals surface area contributed by atoms with Crippen molar-refractivity contribution in [3.8, 4) is 0 Å². The summed E-state index contributed by atoms with van der Waals surface area (Å²) in [6.45, 7) is 15.3. The topological polar surface area (TPSA) is 64.6 Å². The van der Waals surface area contributed by atoms with Crippen LogP contribution in [0.5, 0.6) is 0 Å². The standard InChI is InChI=1S/C17H38O7Si/c1-12(2)21-16(22-13(3)4)17(23-14(5)6,24-15(7)8)25(18-9,19-10)20-11/h12-16H,1-11H3. The first kappa shape index (κ1) is 24.9. The third-order valence-corrected chi connectivity index (χ3v) is 6.09. The highest BCUT2D eigenvalue weighted by atomic mass is 28.4. The summed E-state index contributed by atoms with van der Waals surface area (Å²) in [6.07, 6.45) is -1.58. The Morgan fingerprint density at radius 2 is 0.880 bits per heavy atom. The molecule has 0 fully saturated rings. The van der Waals surface area contributed by atoms with Crippen molar-refractivity contribution >= 4 is 8.80 Å². The maximum Gasteiger partial charge on any atom is 0.568 e. The number of hydrogen-bond donors (Lipinski definition) is 0. The van der Waals surface area contributed by atoms with Crippen LogP contribution in [0.15, 0.2) is 0 Å². The van der Waals surface area contributed by atoms with Gasteiger partial charge in [0.25, 0.3) is 5.41 Å². The minimum atomic E-state index is -3.51. The average molecular weight is 383 g/mol. The van der Waals surface area contributed by atoms with Gasteiger partial charge in [0, 0.05) is 21.3 Å². The Balaban J connectivity index is 6.42. The summed E-state index contributed by atoms with van der Waals surface area (Å²) in [7, 11) is 1.04.